The number of carbonyl (C=O) groups excluding carboxylic acids is 1. The van der Waals surface area contributed by atoms with Gasteiger partial charge in [-0.1, -0.05) is 50.6 Å². The zero-order valence-electron chi connectivity index (χ0n) is 16.9. The summed E-state index contributed by atoms with van der Waals surface area (Å²) >= 11 is 0. The monoisotopic (exact) mass is 367 g/mol. The van der Waals surface area contributed by atoms with Crippen LogP contribution in [0.1, 0.15) is 45.1 Å². The Kier molecular flexibility index (Phi) is 4.05. The van der Waals surface area contributed by atoms with E-state index >= 15 is 0 Å². The highest BCUT2D eigenvalue weighted by Gasteiger charge is 2.67. The summed E-state index contributed by atoms with van der Waals surface area (Å²) in [4.78, 5) is 21.4. The Hall–Kier alpha value is -1.23. The average molecular weight is 368 g/mol. The molecule has 5 fully saturated rings. The molecule has 1 aromatic carbocycles. The van der Waals surface area contributed by atoms with Crippen molar-refractivity contribution in [3.63, 3.8) is 0 Å². The number of carbonyl (C=O) groups is 1. The van der Waals surface area contributed by atoms with Crippen molar-refractivity contribution in [1.29, 1.82) is 0 Å². The second-order valence-corrected chi connectivity index (χ2v) is 9.88. The molecule has 0 amide bonds. The molecule has 4 bridgehead atoms. The fourth-order valence-electron chi connectivity index (χ4n) is 6.79. The van der Waals surface area contributed by atoms with Gasteiger partial charge in [0.05, 0.1) is 16.5 Å². The average Bonchev–Trinajstić information content (AvgIpc) is 2.65. The third kappa shape index (κ3) is 2.56. The predicted molar refractivity (Wildman–Crippen MR) is 107 cm³/mol. The Morgan fingerprint density at radius 1 is 0.963 bits per heavy atom. The highest BCUT2D eigenvalue weighted by Crippen LogP contribution is 2.55. The quantitative estimate of drug-likeness (QED) is 0.817. The summed E-state index contributed by atoms with van der Waals surface area (Å²) in [5, 5.41) is 0. The Labute approximate surface area is 163 Å². The van der Waals surface area contributed by atoms with Crippen molar-refractivity contribution in [2.75, 3.05) is 39.3 Å². The highest BCUT2D eigenvalue weighted by molar-refractivity contribution is 5.93. The Morgan fingerprint density at radius 3 is 2.19 bits per heavy atom. The van der Waals surface area contributed by atoms with Gasteiger partial charge in [0.2, 0.25) is 0 Å². The van der Waals surface area contributed by atoms with E-state index in [4.69, 9.17) is 0 Å². The number of likely N-dealkylation sites (tertiary alicyclic amines) is 1. The summed E-state index contributed by atoms with van der Waals surface area (Å²) in [5.41, 5.74) is 1.40. The van der Waals surface area contributed by atoms with E-state index in [1.807, 2.05) is 0 Å². The van der Waals surface area contributed by atoms with E-state index in [1.165, 1.54) is 18.4 Å². The summed E-state index contributed by atoms with van der Waals surface area (Å²) < 4.78 is 0. The molecule has 5 aliphatic heterocycles. The normalized spacial score (nSPS) is 40.0. The highest BCUT2D eigenvalue weighted by atomic mass is 16.1. The van der Waals surface area contributed by atoms with E-state index in [9.17, 15) is 4.79 Å². The van der Waals surface area contributed by atoms with E-state index in [2.05, 4.69) is 58.9 Å². The molecule has 4 nitrogen and oxygen atoms in total. The molecule has 4 heteroatoms. The van der Waals surface area contributed by atoms with Crippen LogP contribution in [0, 0.1) is 10.8 Å². The Balaban J connectivity index is 1.34. The summed E-state index contributed by atoms with van der Waals surface area (Å²) in [6.07, 6.45) is 4.60. The van der Waals surface area contributed by atoms with Crippen LogP contribution in [0.4, 0.5) is 0 Å². The first-order valence-electron chi connectivity index (χ1n) is 10.8. The van der Waals surface area contributed by atoms with Crippen molar-refractivity contribution in [2.24, 2.45) is 10.8 Å². The van der Waals surface area contributed by atoms with Gasteiger partial charge in [0.25, 0.3) is 0 Å². The smallest absolute Gasteiger partial charge is 0.150 e. The standard InChI is InChI=1S/C23H33N3O/c1-3-9-22-17-25-15-21(2,20(22)27)16-26(18-22)23(25)10-12-24(13-11-23)14-19-7-5-4-6-8-19/h4-8H,3,9-18H2,1-2H3. The lowest BCUT2D eigenvalue weighted by Gasteiger charge is -2.71. The molecular formula is C23H33N3O. The number of hydrogen-bond acceptors (Lipinski definition) is 4. The van der Waals surface area contributed by atoms with Crippen LogP contribution in [0.3, 0.4) is 0 Å². The van der Waals surface area contributed by atoms with Gasteiger partial charge in [-0.2, -0.15) is 0 Å². The molecule has 0 aliphatic carbocycles. The van der Waals surface area contributed by atoms with Crippen LogP contribution < -0.4 is 0 Å². The maximum atomic E-state index is 13.3. The van der Waals surface area contributed by atoms with Gasteiger partial charge >= 0.3 is 0 Å². The van der Waals surface area contributed by atoms with Gasteiger partial charge in [-0.25, -0.2) is 0 Å². The van der Waals surface area contributed by atoms with E-state index < -0.39 is 0 Å². The van der Waals surface area contributed by atoms with Gasteiger partial charge in [-0.3, -0.25) is 19.5 Å². The number of rotatable bonds is 4. The minimum absolute atomic E-state index is 0.0909. The number of Topliss-reactive ketones (excluding diaryl/α,β-unsaturated/α-hetero) is 1. The SMILES string of the molecule is CCCC12CN3CC(C)(CN(C1)C31CCN(Cc3ccccc3)CC1)C2=O. The van der Waals surface area contributed by atoms with Crippen molar-refractivity contribution < 1.29 is 4.79 Å². The van der Waals surface area contributed by atoms with Gasteiger partial charge in [-0.15, -0.1) is 0 Å². The second kappa shape index (κ2) is 6.13. The molecule has 27 heavy (non-hydrogen) atoms. The summed E-state index contributed by atoms with van der Waals surface area (Å²) in [7, 11) is 0. The zero-order valence-corrected chi connectivity index (χ0v) is 16.9. The fourth-order valence-corrected chi connectivity index (χ4v) is 6.79. The first-order chi connectivity index (χ1) is 13.0. The van der Waals surface area contributed by atoms with Gasteiger partial charge in [0.15, 0.2) is 0 Å². The number of ketones is 1. The maximum Gasteiger partial charge on any atom is 0.150 e. The van der Waals surface area contributed by atoms with Crippen LogP contribution in [0.2, 0.25) is 0 Å². The predicted octanol–water partition coefficient (Wildman–Crippen LogP) is 2.99. The third-order valence-corrected chi connectivity index (χ3v) is 7.91. The molecule has 5 aliphatic rings. The zero-order chi connectivity index (χ0) is 18.7. The molecule has 6 rings (SSSR count). The van der Waals surface area contributed by atoms with E-state index in [0.29, 0.717) is 5.78 Å². The molecule has 5 saturated heterocycles. The van der Waals surface area contributed by atoms with Crippen molar-refractivity contribution in [2.45, 2.75) is 51.7 Å². The Bertz CT molecular complexity index is 704. The molecule has 5 heterocycles. The van der Waals surface area contributed by atoms with Crippen molar-refractivity contribution in [3.8, 4) is 0 Å². The number of piperidine rings is 3. The maximum absolute atomic E-state index is 13.3. The van der Waals surface area contributed by atoms with E-state index in [1.54, 1.807) is 0 Å². The lowest BCUT2D eigenvalue weighted by atomic mass is 9.57. The number of hydrogen-bond donors (Lipinski definition) is 0. The largest absolute Gasteiger partial charge is 0.299 e. The van der Waals surface area contributed by atoms with Crippen LogP contribution >= 0.6 is 0 Å². The topological polar surface area (TPSA) is 26.8 Å². The van der Waals surface area contributed by atoms with Gasteiger partial charge in [0.1, 0.15) is 5.78 Å². The van der Waals surface area contributed by atoms with Crippen LogP contribution in [0.25, 0.3) is 0 Å². The first-order valence-corrected chi connectivity index (χ1v) is 10.8. The van der Waals surface area contributed by atoms with Gasteiger partial charge in [-0.05, 0) is 24.8 Å². The number of nitrogens with zero attached hydrogens (tertiary/aromatic N) is 3. The van der Waals surface area contributed by atoms with Crippen molar-refractivity contribution in [3.05, 3.63) is 35.9 Å². The lowest BCUT2D eigenvalue weighted by molar-refractivity contribution is -0.244. The van der Waals surface area contributed by atoms with E-state index in [0.717, 1.165) is 58.7 Å². The fraction of sp³-hybridized carbons (Fsp3) is 0.696. The molecule has 0 aromatic heterocycles. The summed E-state index contributed by atoms with van der Waals surface area (Å²) in [5.74, 6) is 0.570. The minimum atomic E-state index is -0.141. The molecule has 0 radical (unpaired) electrons. The first kappa shape index (κ1) is 17.8. The molecule has 2 unspecified atom stereocenters. The molecular weight excluding hydrogens is 334 g/mol. The second-order valence-electron chi connectivity index (χ2n) is 9.88. The minimum Gasteiger partial charge on any atom is -0.299 e. The van der Waals surface area contributed by atoms with Crippen LogP contribution in [-0.2, 0) is 11.3 Å². The molecule has 1 aromatic rings. The molecule has 0 N–H and O–H groups in total. The lowest BCUT2D eigenvalue weighted by Crippen LogP contribution is -2.84. The third-order valence-electron chi connectivity index (χ3n) is 7.91. The van der Waals surface area contributed by atoms with Crippen LogP contribution in [0.5, 0.6) is 0 Å². The number of benzene rings is 1. The van der Waals surface area contributed by atoms with E-state index in [-0.39, 0.29) is 16.5 Å². The van der Waals surface area contributed by atoms with Crippen LogP contribution in [0.15, 0.2) is 30.3 Å². The van der Waals surface area contributed by atoms with Crippen molar-refractivity contribution >= 4 is 5.78 Å². The summed E-state index contributed by atoms with van der Waals surface area (Å²) in [6.45, 7) is 11.8. The molecule has 146 valence electrons. The Morgan fingerprint density at radius 2 is 1.59 bits per heavy atom. The van der Waals surface area contributed by atoms with Crippen LogP contribution in [-0.4, -0.2) is 65.4 Å². The summed E-state index contributed by atoms with van der Waals surface area (Å²) in [6, 6.07) is 10.8. The molecule has 2 atom stereocenters. The van der Waals surface area contributed by atoms with Gasteiger partial charge in [0, 0.05) is 45.8 Å². The molecule has 1 spiro atoms. The van der Waals surface area contributed by atoms with Crippen molar-refractivity contribution in [1.82, 2.24) is 14.7 Å². The van der Waals surface area contributed by atoms with Gasteiger partial charge < -0.3 is 0 Å². The molecule has 0 saturated carbocycles.